The van der Waals surface area contributed by atoms with Crippen molar-refractivity contribution in [3.05, 3.63) is 59.9 Å². The number of para-hydroxylation sites is 2. The van der Waals surface area contributed by atoms with Crippen molar-refractivity contribution < 1.29 is 14.0 Å². The fourth-order valence-corrected chi connectivity index (χ4v) is 4.58. The fourth-order valence-electron chi connectivity index (χ4n) is 3.48. The number of rotatable bonds is 5. The first-order chi connectivity index (χ1) is 13.6. The molecule has 3 aromatic rings. The van der Waals surface area contributed by atoms with Crippen molar-refractivity contribution in [1.29, 1.82) is 0 Å². The number of nitrogens with zero attached hydrogens (tertiary/aromatic N) is 1. The van der Waals surface area contributed by atoms with Crippen LogP contribution in [0.2, 0.25) is 0 Å². The quantitative estimate of drug-likeness (QED) is 0.694. The molecular formula is C22H22N2O3S. The van der Waals surface area contributed by atoms with Crippen LogP contribution < -0.4 is 5.32 Å². The Morgan fingerprint density at radius 2 is 1.93 bits per heavy atom. The van der Waals surface area contributed by atoms with E-state index in [2.05, 4.69) is 5.32 Å². The number of amides is 2. The van der Waals surface area contributed by atoms with Crippen molar-refractivity contribution in [3.63, 3.8) is 0 Å². The van der Waals surface area contributed by atoms with Gasteiger partial charge in [0.25, 0.3) is 0 Å². The van der Waals surface area contributed by atoms with Crippen LogP contribution in [0.15, 0.2) is 57.8 Å². The lowest BCUT2D eigenvalue weighted by Crippen LogP contribution is -2.35. The van der Waals surface area contributed by atoms with Gasteiger partial charge in [0, 0.05) is 42.3 Å². The molecule has 0 saturated heterocycles. The van der Waals surface area contributed by atoms with Crippen LogP contribution >= 0.6 is 11.8 Å². The van der Waals surface area contributed by atoms with Gasteiger partial charge in [0.2, 0.25) is 11.8 Å². The molecule has 2 amide bonds. The van der Waals surface area contributed by atoms with E-state index in [1.165, 1.54) is 11.8 Å². The van der Waals surface area contributed by atoms with Crippen LogP contribution in [0.25, 0.3) is 11.0 Å². The van der Waals surface area contributed by atoms with Crippen LogP contribution in [-0.2, 0) is 22.6 Å². The predicted octanol–water partition coefficient (Wildman–Crippen LogP) is 4.46. The molecule has 1 atom stereocenters. The molecule has 0 bridgehead atoms. The minimum Gasteiger partial charge on any atom is -0.461 e. The number of thioether (sulfide) groups is 1. The molecule has 1 unspecified atom stereocenters. The van der Waals surface area contributed by atoms with Crippen molar-refractivity contribution in [2.24, 2.45) is 0 Å². The SMILES string of the molecule is CCc1oc2ccccc2c1CN(C)C(=O)CC1Sc2ccccc2NC1=O. The van der Waals surface area contributed by atoms with Crippen molar-refractivity contribution in [3.8, 4) is 0 Å². The molecule has 1 aromatic heterocycles. The molecule has 0 radical (unpaired) electrons. The van der Waals surface area contributed by atoms with Crippen LogP contribution in [0.5, 0.6) is 0 Å². The van der Waals surface area contributed by atoms with Gasteiger partial charge in [-0.2, -0.15) is 0 Å². The Morgan fingerprint density at radius 3 is 2.75 bits per heavy atom. The highest BCUT2D eigenvalue weighted by Gasteiger charge is 2.30. The zero-order valence-electron chi connectivity index (χ0n) is 15.9. The van der Waals surface area contributed by atoms with Gasteiger partial charge in [0.1, 0.15) is 11.3 Å². The molecule has 0 spiro atoms. The first-order valence-corrected chi connectivity index (χ1v) is 10.2. The van der Waals surface area contributed by atoms with E-state index in [0.717, 1.165) is 39.3 Å². The van der Waals surface area contributed by atoms with Crippen molar-refractivity contribution in [1.82, 2.24) is 4.90 Å². The fraction of sp³-hybridized carbons (Fsp3) is 0.273. The predicted molar refractivity (Wildman–Crippen MR) is 111 cm³/mol. The van der Waals surface area contributed by atoms with Crippen LogP contribution in [0.1, 0.15) is 24.7 Å². The van der Waals surface area contributed by atoms with E-state index in [-0.39, 0.29) is 18.2 Å². The van der Waals surface area contributed by atoms with Gasteiger partial charge in [0.05, 0.1) is 10.9 Å². The molecule has 5 nitrogen and oxygen atoms in total. The number of aryl methyl sites for hydroxylation is 1. The minimum absolute atomic E-state index is 0.0561. The second-order valence-electron chi connectivity index (χ2n) is 6.90. The third kappa shape index (κ3) is 3.52. The highest BCUT2D eigenvalue weighted by atomic mass is 32.2. The monoisotopic (exact) mass is 394 g/mol. The zero-order valence-corrected chi connectivity index (χ0v) is 16.7. The van der Waals surface area contributed by atoms with E-state index in [1.807, 2.05) is 55.5 Å². The highest BCUT2D eigenvalue weighted by molar-refractivity contribution is 8.01. The third-order valence-electron chi connectivity index (χ3n) is 4.99. The number of anilines is 1. The van der Waals surface area contributed by atoms with E-state index < -0.39 is 5.25 Å². The largest absolute Gasteiger partial charge is 0.461 e. The van der Waals surface area contributed by atoms with Gasteiger partial charge in [0.15, 0.2) is 0 Å². The molecule has 1 aliphatic rings. The molecule has 28 heavy (non-hydrogen) atoms. The molecule has 0 fully saturated rings. The standard InChI is InChI=1S/C22H22N2O3S/c1-3-17-15(14-8-4-6-10-18(14)27-17)13-24(2)21(25)12-20-22(26)23-16-9-5-7-11-19(16)28-20/h4-11,20H,3,12-13H2,1-2H3,(H,23,26). The number of carbonyl (C=O) groups excluding carboxylic acids is 2. The van der Waals surface area contributed by atoms with Gasteiger partial charge in [-0.3, -0.25) is 9.59 Å². The Balaban J connectivity index is 1.48. The maximum absolute atomic E-state index is 12.8. The van der Waals surface area contributed by atoms with Gasteiger partial charge in [-0.25, -0.2) is 0 Å². The van der Waals surface area contributed by atoms with E-state index in [4.69, 9.17) is 4.42 Å². The Bertz CT molecular complexity index is 1040. The topological polar surface area (TPSA) is 62.6 Å². The summed E-state index contributed by atoms with van der Waals surface area (Å²) in [7, 11) is 1.78. The smallest absolute Gasteiger partial charge is 0.238 e. The maximum Gasteiger partial charge on any atom is 0.238 e. The molecule has 0 saturated carbocycles. The Labute approximate surface area is 168 Å². The zero-order chi connectivity index (χ0) is 19.7. The first kappa shape index (κ1) is 18.6. The summed E-state index contributed by atoms with van der Waals surface area (Å²) in [6.07, 6.45) is 0.933. The second-order valence-corrected chi connectivity index (χ2v) is 8.14. The normalized spacial score (nSPS) is 15.9. The van der Waals surface area contributed by atoms with E-state index in [1.54, 1.807) is 11.9 Å². The maximum atomic E-state index is 12.8. The van der Waals surface area contributed by atoms with Gasteiger partial charge in [-0.15, -0.1) is 11.8 Å². The molecule has 4 rings (SSSR count). The van der Waals surface area contributed by atoms with Crippen molar-refractivity contribution in [2.45, 2.75) is 36.5 Å². The molecular weight excluding hydrogens is 372 g/mol. The highest BCUT2D eigenvalue weighted by Crippen LogP contribution is 2.37. The molecule has 0 aliphatic carbocycles. The van der Waals surface area contributed by atoms with Gasteiger partial charge >= 0.3 is 0 Å². The number of hydrogen-bond acceptors (Lipinski definition) is 4. The molecule has 2 heterocycles. The summed E-state index contributed by atoms with van der Waals surface area (Å²) < 4.78 is 5.93. The third-order valence-corrected chi connectivity index (χ3v) is 6.27. The van der Waals surface area contributed by atoms with Gasteiger partial charge < -0.3 is 14.6 Å². The van der Waals surface area contributed by atoms with Crippen LogP contribution in [-0.4, -0.2) is 29.0 Å². The summed E-state index contributed by atoms with van der Waals surface area (Å²) in [4.78, 5) is 27.9. The van der Waals surface area contributed by atoms with Crippen LogP contribution in [0.3, 0.4) is 0 Å². The van der Waals surface area contributed by atoms with E-state index in [9.17, 15) is 9.59 Å². The number of hydrogen-bond donors (Lipinski definition) is 1. The Hall–Kier alpha value is -2.73. The Kier molecular flexibility index (Phi) is 5.13. The lowest BCUT2D eigenvalue weighted by atomic mass is 10.1. The Morgan fingerprint density at radius 1 is 1.18 bits per heavy atom. The molecule has 1 N–H and O–H groups in total. The van der Waals surface area contributed by atoms with Gasteiger partial charge in [-0.05, 0) is 18.2 Å². The average molecular weight is 394 g/mol. The number of carbonyl (C=O) groups is 2. The van der Waals surface area contributed by atoms with Crippen LogP contribution in [0, 0.1) is 0 Å². The first-order valence-electron chi connectivity index (χ1n) is 9.36. The van der Waals surface area contributed by atoms with E-state index in [0.29, 0.717) is 6.54 Å². The molecule has 1 aliphatic heterocycles. The molecule has 2 aromatic carbocycles. The summed E-state index contributed by atoms with van der Waals surface area (Å²) in [5.74, 6) is 0.729. The number of nitrogens with one attached hydrogen (secondary N) is 1. The second kappa shape index (κ2) is 7.72. The number of benzene rings is 2. The average Bonchev–Trinajstić information content (AvgIpc) is 3.06. The summed E-state index contributed by atoms with van der Waals surface area (Å²) in [5.41, 5.74) is 2.70. The summed E-state index contributed by atoms with van der Waals surface area (Å²) >= 11 is 1.45. The van der Waals surface area contributed by atoms with Crippen LogP contribution in [0.4, 0.5) is 5.69 Å². The lowest BCUT2D eigenvalue weighted by Gasteiger charge is -2.25. The molecule has 6 heteroatoms. The summed E-state index contributed by atoms with van der Waals surface area (Å²) in [5, 5.41) is 3.52. The summed E-state index contributed by atoms with van der Waals surface area (Å²) in [6, 6.07) is 15.5. The lowest BCUT2D eigenvalue weighted by molar-refractivity contribution is -0.131. The number of furan rings is 1. The van der Waals surface area contributed by atoms with Crippen molar-refractivity contribution in [2.75, 3.05) is 12.4 Å². The number of fused-ring (bicyclic) bond motifs is 2. The minimum atomic E-state index is -0.420. The van der Waals surface area contributed by atoms with Crippen molar-refractivity contribution >= 4 is 40.2 Å². The molecule has 144 valence electrons. The van der Waals surface area contributed by atoms with E-state index >= 15 is 0 Å². The van der Waals surface area contributed by atoms with Gasteiger partial charge in [-0.1, -0.05) is 37.3 Å². The summed E-state index contributed by atoms with van der Waals surface area (Å²) in [6.45, 7) is 2.51.